The summed E-state index contributed by atoms with van der Waals surface area (Å²) in [6.07, 6.45) is 7.76. The summed E-state index contributed by atoms with van der Waals surface area (Å²) < 4.78 is 0. The molecule has 0 bridgehead atoms. The third-order valence-electron chi connectivity index (χ3n) is 4.44. The first-order chi connectivity index (χ1) is 9.31. The van der Waals surface area contributed by atoms with Crippen molar-refractivity contribution < 1.29 is 0 Å². The molecule has 2 atom stereocenters. The number of aryl methyl sites for hydroxylation is 1. The van der Waals surface area contributed by atoms with Gasteiger partial charge in [-0.15, -0.1) is 0 Å². The van der Waals surface area contributed by atoms with Gasteiger partial charge in [-0.25, -0.2) is 0 Å². The molecule has 0 amide bonds. The van der Waals surface area contributed by atoms with Gasteiger partial charge in [-0.2, -0.15) is 0 Å². The number of hydrogen-bond donors (Lipinski definition) is 1. The van der Waals surface area contributed by atoms with Gasteiger partial charge in [0.05, 0.1) is 0 Å². The Balaban J connectivity index is 1.72. The average molecular weight is 260 g/mol. The molecule has 106 valence electrons. The standard InChI is InChI=1S/C17H28N2/c1-15-8-7-12-17(14-18)19(15)13-6-5-11-16-9-3-2-4-10-16/h2-4,9-10,15,17H,5-8,11-14,18H2,1H3. The number of nitrogens with zero attached hydrogens (tertiary/aromatic N) is 1. The van der Waals surface area contributed by atoms with Crippen molar-refractivity contribution in [3.8, 4) is 0 Å². The molecule has 1 heterocycles. The second-order valence-electron chi connectivity index (χ2n) is 5.85. The van der Waals surface area contributed by atoms with E-state index in [1.807, 2.05) is 0 Å². The van der Waals surface area contributed by atoms with Crippen LogP contribution in [0.5, 0.6) is 0 Å². The van der Waals surface area contributed by atoms with Crippen LogP contribution < -0.4 is 5.73 Å². The number of nitrogens with two attached hydrogens (primary N) is 1. The monoisotopic (exact) mass is 260 g/mol. The fourth-order valence-electron chi connectivity index (χ4n) is 3.26. The fourth-order valence-corrected chi connectivity index (χ4v) is 3.26. The van der Waals surface area contributed by atoms with Crippen molar-refractivity contribution in [1.29, 1.82) is 0 Å². The largest absolute Gasteiger partial charge is 0.329 e. The molecule has 2 unspecified atom stereocenters. The Hall–Kier alpha value is -0.860. The van der Waals surface area contributed by atoms with E-state index in [1.165, 1.54) is 50.6 Å². The first kappa shape index (κ1) is 14.5. The number of benzene rings is 1. The summed E-state index contributed by atoms with van der Waals surface area (Å²) in [6, 6.07) is 12.2. The second-order valence-corrected chi connectivity index (χ2v) is 5.85. The number of unbranched alkanes of at least 4 members (excludes halogenated alkanes) is 1. The molecular formula is C17H28N2. The average Bonchev–Trinajstić information content (AvgIpc) is 2.46. The summed E-state index contributed by atoms with van der Waals surface area (Å²) >= 11 is 0. The molecule has 2 N–H and O–H groups in total. The van der Waals surface area contributed by atoms with Crippen LogP contribution in [-0.2, 0) is 6.42 Å². The lowest BCUT2D eigenvalue weighted by Crippen LogP contribution is -2.49. The smallest absolute Gasteiger partial charge is 0.0221 e. The molecule has 1 aliphatic rings. The van der Waals surface area contributed by atoms with Crippen LogP contribution in [0.15, 0.2) is 30.3 Å². The van der Waals surface area contributed by atoms with Crippen LogP contribution in [0.2, 0.25) is 0 Å². The van der Waals surface area contributed by atoms with E-state index in [2.05, 4.69) is 42.2 Å². The minimum Gasteiger partial charge on any atom is -0.329 e. The third-order valence-corrected chi connectivity index (χ3v) is 4.44. The minimum atomic E-state index is 0.625. The van der Waals surface area contributed by atoms with Crippen LogP contribution in [0.25, 0.3) is 0 Å². The van der Waals surface area contributed by atoms with Crippen LogP contribution in [0.1, 0.15) is 44.6 Å². The molecule has 0 radical (unpaired) electrons. The lowest BCUT2D eigenvalue weighted by molar-refractivity contribution is 0.0954. The van der Waals surface area contributed by atoms with Gasteiger partial charge in [0.25, 0.3) is 0 Å². The lowest BCUT2D eigenvalue weighted by Gasteiger charge is -2.40. The van der Waals surface area contributed by atoms with Gasteiger partial charge < -0.3 is 5.73 Å². The Morgan fingerprint density at radius 2 is 1.95 bits per heavy atom. The molecule has 2 nitrogen and oxygen atoms in total. The van der Waals surface area contributed by atoms with E-state index >= 15 is 0 Å². The minimum absolute atomic E-state index is 0.625. The van der Waals surface area contributed by atoms with Gasteiger partial charge in [0, 0.05) is 18.6 Å². The molecule has 19 heavy (non-hydrogen) atoms. The van der Waals surface area contributed by atoms with E-state index in [1.54, 1.807) is 0 Å². The van der Waals surface area contributed by atoms with Gasteiger partial charge in [-0.05, 0) is 51.1 Å². The lowest BCUT2D eigenvalue weighted by atomic mass is 9.96. The fraction of sp³-hybridized carbons (Fsp3) is 0.647. The van der Waals surface area contributed by atoms with E-state index < -0.39 is 0 Å². The predicted octanol–water partition coefficient (Wildman–Crippen LogP) is 3.21. The summed E-state index contributed by atoms with van der Waals surface area (Å²) in [5.74, 6) is 0. The van der Waals surface area contributed by atoms with Gasteiger partial charge in [-0.1, -0.05) is 36.8 Å². The number of rotatable bonds is 6. The molecular weight excluding hydrogens is 232 g/mol. The molecule has 1 saturated heterocycles. The number of piperidine rings is 1. The van der Waals surface area contributed by atoms with E-state index in [-0.39, 0.29) is 0 Å². The van der Waals surface area contributed by atoms with Gasteiger partial charge >= 0.3 is 0 Å². The van der Waals surface area contributed by atoms with E-state index in [0.29, 0.717) is 6.04 Å². The zero-order valence-electron chi connectivity index (χ0n) is 12.2. The van der Waals surface area contributed by atoms with Crippen molar-refractivity contribution >= 4 is 0 Å². The molecule has 1 fully saturated rings. The van der Waals surface area contributed by atoms with Crippen molar-refractivity contribution in [2.24, 2.45) is 5.73 Å². The molecule has 0 aromatic heterocycles. The maximum Gasteiger partial charge on any atom is 0.0221 e. The zero-order valence-corrected chi connectivity index (χ0v) is 12.2. The van der Waals surface area contributed by atoms with Crippen LogP contribution in [0.3, 0.4) is 0 Å². The van der Waals surface area contributed by atoms with Gasteiger partial charge in [0.1, 0.15) is 0 Å². The molecule has 0 aliphatic carbocycles. The molecule has 1 aromatic carbocycles. The Kier molecular flexibility index (Phi) is 5.87. The van der Waals surface area contributed by atoms with E-state index in [4.69, 9.17) is 5.73 Å². The summed E-state index contributed by atoms with van der Waals surface area (Å²) in [4.78, 5) is 2.65. The van der Waals surface area contributed by atoms with Gasteiger partial charge in [0.15, 0.2) is 0 Å². The third kappa shape index (κ3) is 4.32. The first-order valence-corrected chi connectivity index (χ1v) is 7.81. The second kappa shape index (κ2) is 7.66. The summed E-state index contributed by atoms with van der Waals surface area (Å²) in [5.41, 5.74) is 7.37. The van der Waals surface area contributed by atoms with Crippen molar-refractivity contribution in [3.63, 3.8) is 0 Å². The van der Waals surface area contributed by atoms with Gasteiger partial charge in [-0.3, -0.25) is 4.90 Å². The molecule has 0 spiro atoms. The maximum atomic E-state index is 5.91. The molecule has 2 heteroatoms. The zero-order chi connectivity index (χ0) is 13.5. The van der Waals surface area contributed by atoms with E-state index in [0.717, 1.165) is 12.6 Å². The Bertz CT molecular complexity index is 350. The first-order valence-electron chi connectivity index (χ1n) is 7.81. The SMILES string of the molecule is CC1CCCC(CN)N1CCCCc1ccccc1. The Morgan fingerprint density at radius 3 is 2.68 bits per heavy atom. The van der Waals surface area contributed by atoms with Crippen molar-refractivity contribution in [2.75, 3.05) is 13.1 Å². The number of likely N-dealkylation sites (tertiary alicyclic amines) is 1. The van der Waals surface area contributed by atoms with Crippen LogP contribution in [0, 0.1) is 0 Å². The highest BCUT2D eigenvalue weighted by Gasteiger charge is 2.25. The Morgan fingerprint density at radius 1 is 1.16 bits per heavy atom. The summed E-state index contributed by atoms with van der Waals surface area (Å²) in [7, 11) is 0. The topological polar surface area (TPSA) is 29.3 Å². The van der Waals surface area contributed by atoms with Crippen molar-refractivity contribution in [2.45, 2.75) is 57.5 Å². The van der Waals surface area contributed by atoms with Crippen LogP contribution in [-0.4, -0.2) is 30.1 Å². The normalized spacial score (nSPS) is 24.5. The predicted molar refractivity (Wildman–Crippen MR) is 82.2 cm³/mol. The van der Waals surface area contributed by atoms with Crippen LogP contribution >= 0.6 is 0 Å². The quantitative estimate of drug-likeness (QED) is 0.796. The molecule has 0 saturated carbocycles. The maximum absolute atomic E-state index is 5.91. The summed E-state index contributed by atoms with van der Waals surface area (Å²) in [5, 5.41) is 0. The van der Waals surface area contributed by atoms with Gasteiger partial charge in [0.2, 0.25) is 0 Å². The Labute approximate surface area is 118 Å². The molecule has 2 rings (SSSR count). The summed E-state index contributed by atoms with van der Waals surface area (Å²) in [6.45, 7) is 4.40. The molecule has 1 aliphatic heterocycles. The highest BCUT2D eigenvalue weighted by molar-refractivity contribution is 5.14. The van der Waals surface area contributed by atoms with E-state index in [9.17, 15) is 0 Å². The van der Waals surface area contributed by atoms with Crippen molar-refractivity contribution in [1.82, 2.24) is 4.90 Å². The molecule has 1 aromatic rings. The van der Waals surface area contributed by atoms with Crippen LogP contribution in [0.4, 0.5) is 0 Å². The highest BCUT2D eigenvalue weighted by Crippen LogP contribution is 2.22. The highest BCUT2D eigenvalue weighted by atomic mass is 15.2. The van der Waals surface area contributed by atoms with Crippen molar-refractivity contribution in [3.05, 3.63) is 35.9 Å². The number of hydrogen-bond acceptors (Lipinski definition) is 2.